The summed E-state index contributed by atoms with van der Waals surface area (Å²) in [6.07, 6.45) is 3.06. The maximum absolute atomic E-state index is 11.7. The molecule has 0 aromatic carbocycles. The number of carbonyl (C=O) groups excluding carboxylic acids is 2. The molecule has 6 heteroatoms. The van der Waals surface area contributed by atoms with E-state index in [1.807, 2.05) is 0 Å². The molecule has 94 valence electrons. The van der Waals surface area contributed by atoms with Gasteiger partial charge in [-0.2, -0.15) is 5.10 Å². The number of hydrogen-bond acceptors (Lipinski definition) is 3. The number of aromatic nitrogens is 2. The lowest BCUT2D eigenvalue weighted by atomic mass is 9.95. The molecule has 3 N–H and O–H groups in total. The smallest absolute Gasteiger partial charge is 0.246 e. The standard InChI is InChI=1S/C11H18N4O2/c1-7(14-10(17)11(2,3)4)9(16)15-8-5-12-13-6-8/h5-7H,1-4H3,(H,12,13)(H,14,17)(H,15,16). The summed E-state index contributed by atoms with van der Waals surface area (Å²) in [5.74, 6) is -0.434. The average molecular weight is 238 g/mol. The molecule has 0 aliphatic rings. The summed E-state index contributed by atoms with van der Waals surface area (Å²) in [5, 5.41) is 11.6. The number of aromatic amines is 1. The Balaban J connectivity index is 2.51. The second-order valence-electron chi connectivity index (χ2n) is 4.92. The van der Waals surface area contributed by atoms with E-state index >= 15 is 0 Å². The van der Waals surface area contributed by atoms with Gasteiger partial charge in [0.1, 0.15) is 6.04 Å². The minimum atomic E-state index is -0.586. The first kappa shape index (κ1) is 13.2. The summed E-state index contributed by atoms with van der Waals surface area (Å²) in [5.41, 5.74) is 0.0661. The summed E-state index contributed by atoms with van der Waals surface area (Å²) < 4.78 is 0. The van der Waals surface area contributed by atoms with Crippen molar-refractivity contribution in [3.63, 3.8) is 0 Å². The van der Waals surface area contributed by atoms with Crippen molar-refractivity contribution in [2.24, 2.45) is 5.41 Å². The van der Waals surface area contributed by atoms with Crippen LogP contribution in [0.15, 0.2) is 12.4 Å². The number of anilines is 1. The first-order valence-corrected chi connectivity index (χ1v) is 5.41. The lowest BCUT2D eigenvalue weighted by Gasteiger charge is -2.21. The first-order valence-electron chi connectivity index (χ1n) is 5.41. The molecule has 1 aromatic heterocycles. The van der Waals surface area contributed by atoms with E-state index in [1.54, 1.807) is 33.9 Å². The van der Waals surface area contributed by atoms with Gasteiger partial charge in [-0.15, -0.1) is 0 Å². The molecule has 0 radical (unpaired) electrons. The Morgan fingerprint density at radius 3 is 2.53 bits per heavy atom. The van der Waals surface area contributed by atoms with Crippen molar-refractivity contribution < 1.29 is 9.59 Å². The van der Waals surface area contributed by atoms with Crippen molar-refractivity contribution in [1.29, 1.82) is 0 Å². The van der Waals surface area contributed by atoms with Gasteiger partial charge in [0.25, 0.3) is 0 Å². The third-order valence-electron chi connectivity index (χ3n) is 2.19. The van der Waals surface area contributed by atoms with E-state index in [4.69, 9.17) is 0 Å². The Hall–Kier alpha value is -1.85. The molecule has 0 aliphatic carbocycles. The number of nitrogens with one attached hydrogen (secondary N) is 3. The van der Waals surface area contributed by atoms with E-state index in [1.165, 1.54) is 6.20 Å². The Bertz CT molecular complexity index is 392. The monoisotopic (exact) mass is 238 g/mol. The highest BCUT2D eigenvalue weighted by Crippen LogP contribution is 2.13. The Morgan fingerprint density at radius 2 is 2.06 bits per heavy atom. The number of carbonyl (C=O) groups is 2. The Kier molecular flexibility index (Phi) is 3.88. The van der Waals surface area contributed by atoms with Crippen molar-refractivity contribution in [3.8, 4) is 0 Å². The van der Waals surface area contributed by atoms with Gasteiger partial charge in [0, 0.05) is 11.6 Å². The minimum absolute atomic E-state index is 0.160. The van der Waals surface area contributed by atoms with Crippen LogP contribution in [-0.2, 0) is 9.59 Å². The van der Waals surface area contributed by atoms with Crippen LogP contribution >= 0.6 is 0 Å². The van der Waals surface area contributed by atoms with E-state index in [2.05, 4.69) is 20.8 Å². The van der Waals surface area contributed by atoms with E-state index in [0.29, 0.717) is 5.69 Å². The van der Waals surface area contributed by atoms with Crippen LogP contribution in [0.25, 0.3) is 0 Å². The molecule has 0 bridgehead atoms. The van der Waals surface area contributed by atoms with Crippen LogP contribution in [0.4, 0.5) is 5.69 Å². The van der Waals surface area contributed by atoms with Crippen molar-refractivity contribution in [1.82, 2.24) is 15.5 Å². The average Bonchev–Trinajstić information content (AvgIpc) is 2.68. The van der Waals surface area contributed by atoms with Crippen LogP contribution in [0.5, 0.6) is 0 Å². The fourth-order valence-corrected chi connectivity index (χ4v) is 1.05. The van der Waals surface area contributed by atoms with Crippen LogP contribution in [0.1, 0.15) is 27.7 Å². The molecule has 0 saturated carbocycles. The molecule has 1 rings (SSSR count). The number of H-pyrrole nitrogens is 1. The predicted octanol–water partition coefficient (Wildman–Crippen LogP) is 0.899. The molecule has 0 spiro atoms. The van der Waals surface area contributed by atoms with Gasteiger partial charge >= 0.3 is 0 Å². The molecule has 1 aromatic rings. The summed E-state index contributed by atoms with van der Waals surface area (Å²) >= 11 is 0. The van der Waals surface area contributed by atoms with Crippen LogP contribution in [0.3, 0.4) is 0 Å². The van der Waals surface area contributed by atoms with Gasteiger partial charge in [-0.3, -0.25) is 14.7 Å². The van der Waals surface area contributed by atoms with Gasteiger partial charge in [0.2, 0.25) is 11.8 Å². The number of nitrogens with zero attached hydrogens (tertiary/aromatic N) is 1. The summed E-state index contributed by atoms with van der Waals surface area (Å²) in [4.78, 5) is 23.4. The minimum Gasteiger partial charge on any atom is -0.344 e. The molecule has 2 amide bonds. The number of amides is 2. The van der Waals surface area contributed by atoms with Crippen LogP contribution in [0, 0.1) is 5.41 Å². The van der Waals surface area contributed by atoms with Gasteiger partial charge < -0.3 is 10.6 Å². The molecule has 1 atom stereocenters. The fraction of sp³-hybridized carbons (Fsp3) is 0.545. The SMILES string of the molecule is CC(NC(=O)C(C)(C)C)C(=O)Nc1cn[nH]c1. The molecule has 1 heterocycles. The quantitative estimate of drug-likeness (QED) is 0.731. The van der Waals surface area contributed by atoms with Gasteiger partial charge in [0.05, 0.1) is 11.9 Å². The first-order chi connectivity index (χ1) is 7.80. The largest absolute Gasteiger partial charge is 0.344 e. The molecule has 0 fully saturated rings. The van der Waals surface area contributed by atoms with Crippen molar-refractivity contribution in [3.05, 3.63) is 12.4 Å². The second-order valence-corrected chi connectivity index (χ2v) is 4.92. The number of rotatable bonds is 3. The molecular weight excluding hydrogens is 220 g/mol. The third-order valence-corrected chi connectivity index (χ3v) is 2.19. The van der Waals surface area contributed by atoms with Gasteiger partial charge in [0.15, 0.2) is 0 Å². The van der Waals surface area contributed by atoms with Crippen molar-refractivity contribution >= 4 is 17.5 Å². The van der Waals surface area contributed by atoms with Crippen LogP contribution in [0.2, 0.25) is 0 Å². The maximum atomic E-state index is 11.7. The Labute approximate surface area is 100 Å². The summed E-state index contributed by atoms with van der Waals surface area (Å²) in [6.45, 7) is 7.02. The molecule has 0 aliphatic heterocycles. The van der Waals surface area contributed by atoms with Crippen LogP contribution < -0.4 is 10.6 Å². The third kappa shape index (κ3) is 3.90. The topological polar surface area (TPSA) is 86.9 Å². The second kappa shape index (κ2) is 4.99. The maximum Gasteiger partial charge on any atom is 0.246 e. The molecule has 6 nitrogen and oxygen atoms in total. The highest BCUT2D eigenvalue weighted by Gasteiger charge is 2.25. The van der Waals surface area contributed by atoms with Crippen LogP contribution in [-0.4, -0.2) is 28.1 Å². The zero-order valence-electron chi connectivity index (χ0n) is 10.5. The van der Waals surface area contributed by atoms with E-state index in [9.17, 15) is 9.59 Å². The molecule has 1 unspecified atom stereocenters. The molecular formula is C11H18N4O2. The lowest BCUT2D eigenvalue weighted by Crippen LogP contribution is -2.46. The molecule has 17 heavy (non-hydrogen) atoms. The van der Waals surface area contributed by atoms with Crippen molar-refractivity contribution in [2.45, 2.75) is 33.7 Å². The molecule has 0 saturated heterocycles. The zero-order valence-corrected chi connectivity index (χ0v) is 10.5. The summed E-state index contributed by atoms with van der Waals surface area (Å²) in [6, 6.07) is -0.586. The van der Waals surface area contributed by atoms with Gasteiger partial charge in [-0.25, -0.2) is 0 Å². The highest BCUT2D eigenvalue weighted by atomic mass is 16.2. The van der Waals surface area contributed by atoms with Gasteiger partial charge in [-0.1, -0.05) is 20.8 Å². The number of hydrogen-bond donors (Lipinski definition) is 3. The van der Waals surface area contributed by atoms with Gasteiger partial charge in [-0.05, 0) is 6.92 Å². The highest BCUT2D eigenvalue weighted by molar-refractivity contribution is 5.97. The van der Waals surface area contributed by atoms with E-state index in [0.717, 1.165) is 0 Å². The predicted molar refractivity (Wildman–Crippen MR) is 64.3 cm³/mol. The Morgan fingerprint density at radius 1 is 1.41 bits per heavy atom. The zero-order chi connectivity index (χ0) is 13.1. The van der Waals surface area contributed by atoms with Crippen molar-refractivity contribution in [2.75, 3.05) is 5.32 Å². The lowest BCUT2D eigenvalue weighted by molar-refractivity contribution is -0.131. The normalized spacial score (nSPS) is 12.9. The summed E-state index contributed by atoms with van der Waals surface area (Å²) in [7, 11) is 0. The van der Waals surface area contributed by atoms with E-state index in [-0.39, 0.29) is 11.8 Å². The van der Waals surface area contributed by atoms with E-state index < -0.39 is 11.5 Å². The fourth-order valence-electron chi connectivity index (χ4n) is 1.05.